The van der Waals surface area contributed by atoms with Crippen LogP contribution in [-0.2, 0) is 4.79 Å². The van der Waals surface area contributed by atoms with E-state index >= 15 is 0 Å². The molecule has 5 rings (SSSR count). The highest BCUT2D eigenvalue weighted by Gasteiger charge is 2.32. The molecule has 1 atom stereocenters. The molecule has 2 aromatic carbocycles. The summed E-state index contributed by atoms with van der Waals surface area (Å²) >= 11 is 0. The largest absolute Gasteiger partial charge is 0.486 e. The summed E-state index contributed by atoms with van der Waals surface area (Å²) in [6, 6.07) is 13.5. The first-order chi connectivity index (χ1) is 14.2. The van der Waals surface area contributed by atoms with E-state index in [1.807, 2.05) is 47.4 Å². The van der Waals surface area contributed by atoms with Gasteiger partial charge in [0.1, 0.15) is 13.2 Å². The lowest BCUT2D eigenvalue weighted by Crippen LogP contribution is -2.31. The molecule has 0 aromatic heterocycles. The Hall–Kier alpha value is -3.02. The summed E-state index contributed by atoms with van der Waals surface area (Å²) < 4.78 is 11.3. The average molecular weight is 392 g/mol. The van der Waals surface area contributed by atoms with Crippen LogP contribution in [0.3, 0.4) is 0 Å². The number of rotatable bonds is 3. The number of hydrogen-bond donors (Lipinski definition) is 0. The Balaban J connectivity index is 1.40. The topological polar surface area (TPSA) is 59.1 Å². The molecule has 6 heteroatoms. The van der Waals surface area contributed by atoms with Gasteiger partial charge in [-0.1, -0.05) is 12.1 Å². The van der Waals surface area contributed by atoms with Gasteiger partial charge in [0, 0.05) is 30.8 Å². The highest BCUT2D eigenvalue weighted by atomic mass is 16.6. The van der Waals surface area contributed by atoms with Crippen molar-refractivity contribution in [2.75, 3.05) is 31.2 Å². The third-order valence-electron chi connectivity index (χ3n) is 5.94. The number of fused-ring (bicyclic) bond motifs is 1. The van der Waals surface area contributed by atoms with Crippen molar-refractivity contribution in [3.8, 4) is 11.5 Å². The Morgan fingerprint density at radius 2 is 1.83 bits per heavy atom. The van der Waals surface area contributed by atoms with Crippen LogP contribution in [0.15, 0.2) is 42.5 Å². The Morgan fingerprint density at radius 1 is 0.966 bits per heavy atom. The molecule has 3 heterocycles. The molecular formula is C23H24N2O4. The first kappa shape index (κ1) is 18.0. The summed E-state index contributed by atoms with van der Waals surface area (Å²) in [4.78, 5) is 29.1. The summed E-state index contributed by atoms with van der Waals surface area (Å²) in [6.45, 7) is 2.56. The van der Waals surface area contributed by atoms with Gasteiger partial charge in [0.15, 0.2) is 11.5 Å². The normalized spacial score (nSPS) is 21.0. The Kier molecular flexibility index (Phi) is 4.62. The van der Waals surface area contributed by atoms with Gasteiger partial charge in [0.2, 0.25) is 5.91 Å². The van der Waals surface area contributed by atoms with Gasteiger partial charge in [0.25, 0.3) is 5.91 Å². The highest BCUT2D eigenvalue weighted by molar-refractivity contribution is 5.99. The summed E-state index contributed by atoms with van der Waals surface area (Å²) in [5.41, 5.74) is 2.52. The number of nitrogens with zero attached hydrogens (tertiary/aromatic N) is 2. The lowest BCUT2D eigenvalue weighted by Gasteiger charge is -2.27. The van der Waals surface area contributed by atoms with E-state index in [0.29, 0.717) is 25.2 Å². The van der Waals surface area contributed by atoms with Gasteiger partial charge in [-0.05, 0) is 55.2 Å². The molecule has 0 unspecified atom stereocenters. The van der Waals surface area contributed by atoms with Gasteiger partial charge in [0.05, 0.1) is 6.04 Å². The predicted octanol–water partition coefficient (Wildman–Crippen LogP) is 3.56. The molecule has 2 aromatic rings. The minimum absolute atomic E-state index is 0.0101. The van der Waals surface area contributed by atoms with E-state index in [-0.39, 0.29) is 17.9 Å². The number of likely N-dealkylation sites (tertiary alicyclic amines) is 1. The third kappa shape index (κ3) is 3.33. The zero-order valence-corrected chi connectivity index (χ0v) is 16.3. The van der Waals surface area contributed by atoms with Crippen LogP contribution in [0.5, 0.6) is 11.5 Å². The summed E-state index contributed by atoms with van der Waals surface area (Å²) in [6.07, 6.45) is 3.34. The Morgan fingerprint density at radius 3 is 2.66 bits per heavy atom. The fourth-order valence-electron chi connectivity index (χ4n) is 4.52. The number of hydrogen-bond acceptors (Lipinski definition) is 4. The van der Waals surface area contributed by atoms with E-state index in [2.05, 4.69) is 0 Å². The van der Waals surface area contributed by atoms with E-state index in [1.54, 1.807) is 4.90 Å². The number of carbonyl (C=O) groups is 2. The van der Waals surface area contributed by atoms with Gasteiger partial charge in [-0.25, -0.2) is 0 Å². The first-order valence-electron chi connectivity index (χ1n) is 10.3. The number of anilines is 1. The van der Waals surface area contributed by atoms with Crippen molar-refractivity contribution in [2.24, 2.45) is 0 Å². The molecule has 2 fully saturated rings. The maximum atomic E-state index is 13.3. The van der Waals surface area contributed by atoms with Gasteiger partial charge in [-0.2, -0.15) is 0 Å². The second-order valence-electron chi connectivity index (χ2n) is 7.76. The summed E-state index contributed by atoms with van der Waals surface area (Å²) in [7, 11) is 0. The fourth-order valence-corrected chi connectivity index (χ4v) is 4.52. The second-order valence-corrected chi connectivity index (χ2v) is 7.76. The minimum atomic E-state index is 0.0101. The fraction of sp³-hybridized carbons (Fsp3) is 0.391. The second kappa shape index (κ2) is 7.43. The smallest absolute Gasteiger partial charge is 0.254 e. The molecule has 29 heavy (non-hydrogen) atoms. The van der Waals surface area contributed by atoms with E-state index in [9.17, 15) is 9.59 Å². The van der Waals surface area contributed by atoms with Crippen LogP contribution in [0.2, 0.25) is 0 Å². The van der Waals surface area contributed by atoms with Crippen molar-refractivity contribution < 1.29 is 19.1 Å². The number of amides is 2. The van der Waals surface area contributed by atoms with E-state index in [1.165, 1.54) is 0 Å². The van der Waals surface area contributed by atoms with Crippen LogP contribution >= 0.6 is 0 Å². The van der Waals surface area contributed by atoms with Gasteiger partial charge in [-0.3, -0.25) is 9.59 Å². The molecule has 3 aliphatic heterocycles. The summed E-state index contributed by atoms with van der Waals surface area (Å²) in [5, 5.41) is 0. The quantitative estimate of drug-likeness (QED) is 0.801. The third-order valence-corrected chi connectivity index (χ3v) is 5.94. The van der Waals surface area contributed by atoms with Crippen LogP contribution in [0.25, 0.3) is 0 Å². The number of ether oxygens (including phenoxy) is 2. The van der Waals surface area contributed by atoms with E-state index in [0.717, 1.165) is 55.1 Å². The lowest BCUT2D eigenvalue weighted by atomic mass is 10.0. The zero-order chi connectivity index (χ0) is 19.8. The number of benzene rings is 2. The van der Waals surface area contributed by atoms with Crippen molar-refractivity contribution in [1.82, 2.24) is 4.90 Å². The van der Waals surface area contributed by atoms with Crippen molar-refractivity contribution in [2.45, 2.75) is 31.7 Å². The van der Waals surface area contributed by atoms with Crippen LogP contribution < -0.4 is 14.4 Å². The molecule has 0 spiro atoms. The van der Waals surface area contributed by atoms with E-state index < -0.39 is 0 Å². The number of carbonyl (C=O) groups excluding carboxylic acids is 2. The molecule has 0 bridgehead atoms. The van der Waals surface area contributed by atoms with Crippen LogP contribution in [0.1, 0.15) is 47.6 Å². The molecular weight excluding hydrogens is 368 g/mol. The average Bonchev–Trinajstić information content (AvgIpc) is 3.42. The van der Waals surface area contributed by atoms with Crippen LogP contribution in [-0.4, -0.2) is 43.0 Å². The molecule has 6 nitrogen and oxygen atoms in total. The lowest BCUT2D eigenvalue weighted by molar-refractivity contribution is -0.117. The van der Waals surface area contributed by atoms with E-state index in [4.69, 9.17) is 9.47 Å². The molecule has 0 saturated carbocycles. The molecule has 0 radical (unpaired) electrons. The Labute approximate surface area is 170 Å². The molecule has 3 aliphatic rings. The maximum Gasteiger partial charge on any atom is 0.254 e. The standard InChI is InChI=1S/C23H24N2O4/c26-22-7-3-10-24(22)18-5-1-4-17(14-18)23(27)25-11-2-6-19(25)16-8-9-20-21(15-16)29-13-12-28-20/h1,4-5,8-9,14-15,19H,2-3,6-7,10-13H2/t19-/m0/s1. The minimum Gasteiger partial charge on any atom is -0.486 e. The van der Waals surface area contributed by atoms with Crippen LogP contribution in [0, 0.1) is 0 Å². The van der Waals surface area contributed by atoms with Crippen molar-refractivity contribution in [3.63, 3.8) is 0 Å². The van der Waals surface area contributed by atoms with Gasteiger partial charge in [-0.15, -0.1) is 0 Å². The monoisotopic (exact) mass is 392 g/mol. The highest BCUT2D eigenvalue weighted by Crippen LogP contribution is 2.38. The molecule has 2 amide bonds. The van der Waals surface area contributed by atoms with Crippen molar-refractivity contribution in [1.29, 1.82) is 0 Å². The van der Waals surface area contributed by atoms with Crippen LogP contribution in [0.4, 0.5) is 5.69 Å². The molecule has 2 saturated heterocycles. The summed E-state index contributed by atoms with van der Waals surface area (Å²) in [5.74, 6) is 1.65. The maximum absolute atomic E-state index is 13.3. The molecule has 0 N–H and O–H groups in total. The SMILES string of the molecule is O=C1CCCN1c1cccc(C(=O)N2CCC[C@H]2c2ccc3c(c2)OCCO3)c1. The Bertz CT molecular complexity index is 958. The van der Waals surface area contributed by atoms with Gasteiger partial charge < -0.3 is 19.3 Å². The molecule has 150 valence electrons. The predicted molar refractivity (Wildman–Crippen MR) is 108 cm³/mol. The zero-order valence-electron chi connectivity index (χ0n) is 16.3. The van der Waals surface area contributed by atoms with Crippen molar-refractivity contribution >= 4 is 17.5 Å². The first-order valence-corrected chi connectivity index (χ1v) is 10.3. The van der Waals surface area contributed by atoms with Gasteiger partial charge >= 0.3 is 0 Å². The van der Waals surface area contributed by atoms with Crippen molar-refractivity contribution in [3.05, 3.63) is 53.6 Å². The molecule has 0 aliphatic carbocycles.